The van der Waals surface area contributed by atoms with Gasteiger partial charge in [0, 0.05) is 12.1 Å². The van der Waals surface area contributed by atoms with Gasteiger partial charge in [0.1, 0.15) is 0 Å². The van der Waals surface area contributed by atoms with Crippen molar-refractivity contribution in [1.82, 2.24) is 4.90 Å². The highest BCUT2D eigenvalue weighted by molar-refractivity contribution is 5.47. The Morgan fingerprint density at radius 2 is 1.67 bits per heavy atom. The number of fused-ring (bicyclic) bond motifs is 1. The lowest BCUT2D eigenvalue weighted by atomic mass is 9.72. The molecule has 1 aliphatic carbocycles. The Kier molecular flexibility index (Phi) is 3.97. The molecule has 0 amide bonds. The Morgan fingerprint density at radius 3 is 2.46 bits per heavy atom. The monoisotopic (exact) mass is 323 g/mol. The van der Waals surface area contributed by atoms with Crippen molar-refractivity contribution >= 4 is 0 Å². The molecular formula is C21H25NO2. The number of aryl methyl sites for hydroxylation is 1. The molecule has 0 aromatic heterocycles. The minimum atomic E-state index is 0.00878. The highest BCUT2D eigenvalue weighted by atomic mass is 16.3. The van der Waals surface area contributed by atoms with Crippen molar-refractivity contribution in [3.05, 3.63) is 59.2 Å². The van der Waals surface area contributed by atoms with E-state index in [-0.39, 0.29) is 17.0 Å². The smallest absolute Gasteiger partial charge is 0.157 e. The molecular weight excluding hydrogens is 298 g/mol. The van der Waals surface area contributed by atoms with E-state index in [2.05, 4.69) is 35.2 Å². The summed E-state index contributed by atoms with van der Waals surface area (Å²) in [7, 11) is 0. The third-order valence-electron chi connectivity index (χ3n) is 5.88. The van der Waals surface area contributed by atoms with Crippen molar-refractivity contribution < 1.29 is 10.2 Å². The van der Waals surface area contributed by atoms with E-state index in [0.717, 1.165) is 32.4 Å². The number of rotatable bonds is 2. The van der Waals surface area contributed by atoms with Gasteiger partial charge in [-0.15, -0.1) is 0 Å². The summed E-state index contributed by atoms with van der Waals surface area (Å²) in [4.78, 5) is 2.67. The summed E-state index contributed by atoms with van der Waals surface area (Å²) in [5.41, 5.74) is 3.97. The van der Waals surface area contributed by atoms with Gasteiger partial charge in [-0.1, -0.05) is 36.8 Å². The van der Waals surface area contributed by atoms with Crippen molar-refractivity contribution in [3.63, 3.8) is 0 Å². The Balaban J connectivity index is 1.63. The average molecular weight is 323 g/mol. The van der Waals surface area contributed by atoms with Gasteiger partial charge in [-0.3, -0.25) is 4.90 Å². The van der Waals surface area contributed by atoms with Crippen LogP contribution in [-0.2, 0) is 19.4 Å². The number of hydrogen-bond acceptors (Lipinski definition) is 3. The van der Waals surface area contributed by atoms with Crippen LogP contribution in [0.25, 0.3) is 0 Å². The van der Waals surface area contributed by atoms with Gasteiger partial charge < -0.3 is 10.2 Å². The first-order chi connectivity index (χ1) is 11.7. The van der Waals surface area contributed by atoms with Gasteiger partial charge in [-0.05, 0) is 67.5 Å². The van der Waals surface area contributed by atoms with E-state index in [4.69, 9.17) is 0 Å². The van der Waals surface area contributed by atoms with Crippen molar-refractivity contribution in [2.45, 2.75) is 50.6 Å². The fourth-order valence-corrected chi connectivity index (χ4v) is 4.56. The number of benzene rings is 2. The second-order valence-corrected chi connectivity index (χ2v) is 7.38. The Hall–Kier alpha value is -2.00. The number of aromatic hydroxyl groups is 2. The van der Waals surface area contributed by atoms with Crippen molar-refractivity contribution in [1.29, 1.82) is 0 Å². The zero-order chi connectivity index (χ0) is 16.6. The van der Waals surface area contributed by atoms with E-state index in [1.807, 2.05) is 0 Å². The van der Waals surface area contributed by atoms with Crippen LogP contribution in [0, 0.1) is 0 Å². The molecule has 0 bridgehead atoms. The number of phenolic OH excluding ortho intramolecular Hbond substituents is 2. The first-order valence-electron chi connectivity index (χ1n) is 8.99. The van der Waals surface area contributed by atoms with Gasteiger partial charge in [-0.25, -0.2) is 0 Å². The molecule has 126 valence electrons. The number of nitrogens with zero attached hydrogens (tertiary/aromatic N) is 1. The van der Waals surface area contributed by atoms with Crippen molar-refractivity contribution in [3.8, 4) is 11.5 Å². The highest BCUT2D eigenvalue weighted by Gasteiger charge is 2.41. The standard InChI is InChI=1S/C21H25NO2/c23-19-12-17-8-10-21(14-18(17)13-20(19)24)9-4-5-11-22(21)15-16-6-2-1-3-7-16/h1-3,6-7,12-13,23-24H,4-5,8-11,14-15H2. The number of hydrogen-bond donors (Lipinski definition) is 2. The third-order valence-corrected chi connectivity index (χ3v) is 5.88. The second-order valence-electron chi connectivity index (χ2n) is 7.38. The number of likely N-dealkylation sites (tertiary alicyclic amines) is 1. The first kappa shape index (κ1) is 15.5. The SMILES string of the molecule is Oc1cc2c(cc1O)CC1(CCCCN1Cc1ccccc1)CC2. The summed E-state index contributed by atoms with van der Waals surface area (Å²) in [5, 5.41) is 19.7. The molecule has 3 heteroatoms. The van der Waals surface area contributed by atoms with Gasteiger partial charge >= 0.3 is 0 Å². The minimum absolute atomic E-state index is 0.00878. The summed E-state index contributed by atoms with van der Waals surface area (Å²) < 4.78 is 0. The summed E-state index contributed by atoms with van der Waals surface area (Å²) in [6, 6.07) is 14.3. The molecule has 3 nitrogen and oxygen atoms in total. The van der Waals surface area contributed by atoms with Crippen LogP contribution in [-0.4, -0.2) is 27.2 Å². The molecule has 1 fully saturated rings. The molecule has 1 spiro atoms. The Morgan fingerprint density at radius 1 is 0.917 bits per heavy atom. The molecule has 1 heterocycles. The predicted octanol–water partition coefficient (Wildman–Crippen LogP) is 4.01. The molecule has 1 atom stereocenters. The van der Waals surface area contributed by atoms with E-state index < -0.39 is 0 Å². The summed E-state index contributed by atoms with van der Waals surface area (Å²) in [6.45, 7) is 2.15. The van der Waals surface area contributed by atoms with Crippen LogP contribution in [0.5, 0.6) is 11.5 Å². The maximum absolute atomic E-state index is 9.90. The second kappa shape index (κ2) is 6.14. The van der Waals surface area contributed by atoms with Crippen molar-refractivity contribution in [2.24, 2.45) is 0 Å². The number of phenols is 2. The lowest BCUT2D eigenvalue weighted by Crippen LogP contribution is -2.54. The van der Waals surface area contributed by atoms with Crippen LogP contribution in [0.3, 0.4) is 0 Å². The molecule has 0 saturated carbocycles. The van der Waals surface area contributed by atoms with Gasteiger partial charge in [0.2, 0.25) is 0 Å². The van der Waals surface area contributed by atoms with Crippen molar-refractivity contribution in [2.75, 3.05) is 6.54 Å². The van der Waals surface area contributed by atoms with Crippen LogP contribution in [0.15, 0.2) is 42.5 Å². The third kappa shape index (κ3) is 2.78. The Labute approximate surface area is 143 Å². The number of piperidine rings is 1. The van der Waals surface area contributed by atoms with E-state index in [0.29, 0.717) is 0 Å². The predicted molar refractivity (Wildman–Crippen MR) is 95.2 cm³/mol. The molecule has 2 aromatic carbocycles. The molecule has 4 rings (SSSR count). The van der Waals surface area contributed by atoms with E-state index in [1.54, 1.807) is 12.1 Å². The summed E-state index contributed by atoms with van der Waals surface area (Å²) >= 11 is 0. The highest BCUT2D eigenvalue weighted by Crippen LogP contribution is 2.43. The summed E-state index contributed by atoms with van der Waals surface area (Å²) in [6.07, 6.45) is 6.86. The molecule has 2 aliphatic rings. The average Bonchev–Trinajstić information content (AvgIpc) is 2.60. The van der Waals surface area contributed by atoms with E-state index in [9.17, 15) is 10.2 Å². The van der Waals surface area contributed by atoms with Crippen LogP contribution >= 0.6 is 0 Å². The molecule has 24 heavy (non-hydrogen) atoms. The van der Waals surface area contributed by atoms with Crippen LogP contribution in [0.2, 0.25) is 0 Å². The van der Waals surface area contributed by atoms with Gasteiger partial charge in [-0.2, -0.15) is 0 Å². The first-order valence-corrected chi connectivity index (χ1v) is 8.99. The minimum Gasteiger partial charge on any atom is -0.504 e. The maximum Gasteiger partial charge on any atom is 0.157 e. The molecule has 1 aliphatic heterocycles. The molecule has 1 unspecified atom stereocenters. The topological polar surface area (TPSA) is 43.7 Å². The van der Waals surface area contributed by atoms with Crippen LogP contribution in [0.4, 0.5) is 0 Å². The molecule has 0 radical (unpaired) electrons. The van der Waals surface area contributed by atoms with Gasteiger partial charge in [0.25, 0.3) is 0 Å². The molecule has 2 N–H and O–H groups in total. The molecule has 2 aromatic rings. The van der Waals surface area contributed by atoms with E-state index >= 15 is 0 Å². The van der Waals surface area contributed by atoms with Crippen LogP contribution < -0.4 is 0 Å². The maximum atomic E-state index is 9.90. The Bertz CT molecular complexity index is 728. The van der Waals surface area contributed by atoms with Gasteiger partial charge in [0.15, 0.2) is 11.5 Å². The van der Waals surface area contributed by atoms with E-state index in [1.165, 1.54) is 36.0 Å². The zero-order valence-corrected chi connectivity index (χ0v) is 14.0. The van der Waals surface area contributed by atoms with Crippen LogP contribution in [0.1, 0.15) is 42.4 Å². The fraction of sp³-hybridized carbons (Fsp3) is 0.429. The zero-order valence-electron chi connectivity index (χ0n) is 14.0. The summed E-state index contributed by atoms with van der Waals surface area (Å²) in [5.74, 6) is 0.0192. The fourth-order valence-electron chi connectivity index (χ4n) is 4.56. The lowest BCUT2D eigenvalue weighted by Gasteiger charge is -2.50. The quantitative estimate of drug-likeness (QED) is 0.821. The normalized spacial score (nSPS) is 24.0. The lowest BCUT2D eigenvalue weighted by molar-refractivity contribution is 0.0266. The van der Waals surface area contributed by atoms with Gasteiger partial charge in [0.05, 0.1) is 0 Å². The molecule has 1 saturated heterocycles. The largest absolute Gasteiger partial charge is 0.504 e.